The first kappa shape index (κ1) is 19.4. The second-order valence-electron chi connectivity index (χ2n) is 6.44. The molecule has 1 amide bonds. The van der Waals surface area contributed by atoms with E-state index in [1.807, 2.05) is 0 Å². The van der Waals surface area contributed by atoms with Gasteiger partial charge < -0.3 is 10.1 Å². The number of hydrogen-bond donors (Lipinski definition) is 1. The minimum atomic E-state index is -2.97. The van der Waals surface area contributed by atoms with Crippen molar-refractivity contribution in [3.8, 4) is 0 Å². The molecule has 0 saturated carbocycles. The van der Waals surface area contributed by atoms with E-state index in [1.165, 1.54) is 0 Å². The Hall–Kier alpha value is -1.89. The Labute approximate surface area is 148 Å². The van der Waals surface area contributed by atoms with Crippen LogP contribution in [0.3, 0.4) is 0 Å². The Kier molecular flexibility index (Phi) is 6.99. The minimum Gasteiger partial charge on any atom is -0.462 e. The first-order valence-electron chi connectivity index (χ1n) is 8.67. The molecule has 7 heteroatoms. The maximum atomic E-state index is 12.0. The third kappa shape index (κ3) is 6.49. The van der Waals surface area contributed by atoms with Crippen LogP contribution >= 0.6 is 0 Å². The number of sulfone groups is 1. The number of ether oxygens (including phenoxy) is 1. The topological polar surface area (TPSA) is 89.5 Å². The second kappa shape index (κ2) is 8.99. The molecule has 0 radical (unpaired) electrons. The highest BCUT2D eigenvalue weighted by atomic mass is 32.2. The molecule has 1 aliphatic rings. The van der Waals surface area contributed by atoms with Crippen LogP contribution in [0.15, 0.2) is 24.3 Å². The Morgan fingerprint density at radius 1 is 1.20 bits per heavy atom. The summed E-state index contributed by atoms with van der Waals surface area (Å²) < 4.78 is 28.0. The first-order valence-corrected chi connectivity index (χ1v) is 10.5. The van der Waals surface area contributed by atoms with Crippen LogP contribution in [-0.2, 0) is 19.4 Å². The fourth-order valence-corrected chi connectivity index (χ4v) is 4.66. The van der Waals surface area contributed by atoms with Gasteiger partial charge in [0.2, 0.25) is 5.91 Å². The number of carbonyl (C=O) groups excluding carboxylic acids is 2. The molecule has 1 fully saturated rings. The van der Waals surface area contributed by atoms with E-state index >= 15 is 0 Å². The van der Waals surface area contributed by atoms with Crippen molar-refractivity contribution in [1.82, 2.24) is 0 Å². The highest BCUT2D eigenvalue weighted by molar-refractivity contribution is 7.91. The molecule has 25 heavy (non-hydrogen) atoms. The molecule has 0 aliphatic carbocycles. The molecule has 138 valence electrons. The van der Waals surface area contributed by atoms with E-state index in [4.69, 9.17) is 4.74 Å². The number of unbranched alkanes of at least 4 members (excludes halogenated alkanes) is 2. The van der Waals surface area contributed by atoms with Gasteiger partial charge in [-0.2, -0.15) is 0 Å². The maximum absolute atomic E-state index is 12.0. The molecule has 1 unspecified atom stereocenters. The molecule has 1 atom stereocenters. The summed E-state index contributed by atoms with van der Waals surface area (Å²) in [5, 5.41) is 2.74. The van der Waals surface area contributed by atoms with Crippen molar-refractivity contribution in [2.45, 2.75) is 39.0 Å². The number of rotatable bonds is 8. The molecule has 1 saturated heterocycles. The Morgan fingerprint density at radius 2 is 1.92 bits per heavy atom. The lowest BCUT2D eigenvalue weighted by Crippen LogP contribution is -2.17. The zero-order valence-electron chi connectivity index (χ0n) is 14.5. The van der Waals surface area contributed by atoms with Crippen molar-refractivity contribution in [2.75, 3.05) is 23.4 Å². The lowest BCUT2D eigenvalue weighted by Gasteiger charge is -2.09. The smallest absolute Gasteiger partial charge is 0.338 e. The zero-order chi connectivity index (χ0) is 18.3. The molecule has 6 nitrogen and oxygen atoms in total. The molecular weight excluding hydrogens is 342 g/mol. The fraction of sp³-hybridized carbons (Fsp3) is 0.556. The average Bonchev–Trinajstić information content (AvgIpc) is 2.90. The number of anilines is 1. The highest BCUT2D eigenvalue weighted by Crippen LogP contribution is 2.22. The summed E-state index contributed by atoms with van der Waals surface area (Å²) in [7, 11) is -2.97. The molecule has 0 aromatic heterocycles. The van der Waals surface area contributed by atoms with Crippen LogP contribution < -0.4 is 5.32 Å². The van der Waals surface area contributed by atoms with E-state index in [0.29, 0.717) is 24.3 Å². The molecule has 1 aromatic rings. The van der Waals surface area contributed by atoms with E-state index in [9.17, 15) is 18.0 Å². The van der Waals surface area contributed by atoms with Gasteiger partial charge in [0.25, 0.3) is 0 Å². The van der Waals surface area contributed by atoms with Crippen LogP contribution in [0, 0.1) is 5.92 Å². The standard InChI is InChI=1S/C18H25NO5S/c1-2-3-4-10-24-18(21)15-5-7-16(8-6-15)19-17(20)12-14-9-11-25(22,23)13-14/h5-8,14H,2-4,9-13H2,1H3,(H,19,20). The quantitative estimate of drug-likeness (QED) is 0.564. The van der Waals surface area contributed by atoms with Gasteiger partial charge in [-0.05, 0) is 43.0 Å². The van der Waals surface area contributed by atoms with E-state index in [0.717, 1.165) is 19.3 Å². The lowest BCUT2D eigenvalue weighted by atomic mass is 10.0. The molecular formula is C18H25NO5S. The average molecular weight is 367 g/mol. The van der Waals surface area contributed by atoms with E-state index in [2.05, 4.69) is 12.2 Å². The van der Waals surface area contributed by atoms with Crippen molar-refractivity contribution in [2.24, 2.45) is 5.92 Å². The molecule has 1 aliphatic heterocycles. The summed E-state index contributed by atoms with van der Waals surface area (Å²) in [6.45, 7) is 2.50. The van der Waals surface area contributed by atoms with E-state index in [1.54, 1.807) is 24.3 Å². The van der Waals surface area contributed by atoms with Crippen molar-refractivity contribution < 1.29 is 22.7 Å². The third-order valence-electron chi connectivity index (χ3n) is 4.19. The van der Waals surface area contributed by atoms with Gasteiger partial charge in [-0.15, -0.1) is 0 Å². The van der Waals surface area contributed by atoms with Crippen LogP contribution in [0.4, 0.5) is 5.69 Å². The molecule has 1 heterocycles. The SMILES string of the molecule is CCCCCOC(=O)c1ccc(NC(=O)CC2CCS(=O)(=O)C2)cc1. The number of nitrogens with one attached hydrogen (secondary N) is 1. The van der Waals surface area contributed by atoms with Crippen molar-refractivity contribution in [3.63, 3.8) is 0 Å². The van der Waals surface area contributed by atoms with Crippen LogP contribution in [0.5, 0.6) is 0 Å². The summed E-state index contributed by atoms with van der Waals surface area (Å²) in [5.74, 6) is -0.437. The summed E-state index contributed by atoms with van der Waals surface area (Å²) in [5.41, 5.74) is 1.02. The van der Waals surface area contributed by atoms with Crippen LogP contribution in [0.1, 0.15) is 49.4 Å². The van der Waals surface area contributed by atoms with Gasteiger partial charge in [-0.1, -0.05) is 19.8 Å². The zero-order valence-corrected chi connectivity index (χ0v) is 15.3. The third-order valence-corrected chi connectivity index (χ3v) is 6.02. The maximum Gasteiger partial charge on any atom is 0.338 e. The number of esters is 1. The van der Waals surface area contributed by atoms with Gasteiger partial charge >= 0.3 is 5.97 Å². The fourth-order valence-electron chi connectivity index (χ4n) is 2.80. The molecule has 2 rings (SSSR count). The molecule has 1 N–H and O–H groups in total. The number of carbonyl (C=O) groups is 2. The normalized spacial score (nSPS) is 18.7. The number of amides is 1. The predicted molar refractivity (Wildman–Crippen MR) is 96.3 cm³/mol. The van der Waals surface area contributed by atoms with Crippen LogP contribution in [0.2, 0.25) is 0 Å². The van der Waals surface area contributed by atoms with E-state index < -0.39 is 9.84 Å². The van der Waals surface area contributed by atoms with Crippen molar-refractivity contribution in [1.29, 1.82) is 0 Å². The Balaban J connectivity index is 1.79. The summed E-state index contributed by atoms with van der Waals surface area (Å²) in [6, 6.07) is 6.51. The Bertz CT molecular complexity index is 697. The van der Waals surface area contributed by atoms with Crippen LogP contribution in [0.25, 0.3) is 0 Å². The van der Waals surface area contributed by atoms with Gasteiger partial charge in [-0.25, -0.2) is 13.2 Å². The predicted octanol–water partition coefficient (Wildman–Crippen LogP) is 2.80. The number of benzene rings is 1. The van der Waals surface area contributed by atoms with Crippen LogP contribution in [-0.4, -0.2) is 38.4 Å². The first-order chi connectivity index (χ1) is 11.9. The van der Waals surface area contributed by atoms with Gasteiger partial charge in [0, 0.05) is 12.1 Å². The number of hydrogen-bond acceptors (Lipinski definition) is 5. The summed E-state index contributed by atoms with van der Waals surface area (Å²) in [6.07, 6.45) is 3.69. The van der Waals surface area contributed by atoms with Gasteiger partial charge in [0.15, 0.2) is 9.84 Å². The van der Waals surface area contributed by atoms with Gasteiger partial charge in [-0.3, -0.25) is 4.79 Å². The summed E-state index contributed by atoms with van der Waals surface area (Å²) >= 11 is 0. The Morgan fingerprint density at radius 3 is 2.52 bits per heavy atom. The van der Waals surface area contributed by atoms with Gasteiger partial charge in [0.05, 0.1) is 23.7 Å². The van der Waals surface area contributed by atoms with Gasteiger partial charge in [0.1, 0.15) is 0 Å². The van der Waals surface area contributed by atoms with Crippen molar-refractivity contribution in [3.05, 3.63) is 29.8 Å². The summed E-state index contributed by atoms with van der Waals surface area (Å²) in [4.78, 5) is 23.9. The molecule has 0 spiro atoms. The highest BCUT2D eigenvalue weighted by Gasteiger charge is 2.29. The lowest BCUT2D eigenvalue weighted by molar-refractivity contribution is -0.116. The molecule has 1 aromatic carbocycles. The molecule has 0 bridgehead atoms. The minimum absolute atomic E-state index is 0.0865. The van der Waals surface area contributed by atoms with E-state index in [-0.39, 0.29) is 35.7 Å². The largest absolute Gasteiger partial charge is 0.462 e. The van der Waals surface area contributed by atoms with Crippen molar-refractivity contribution >= 4 is 27.4 Å². The second-order valence-corrected chi connectivity index (χ2v) is 8.67. The monoisotopic (exact) mass is 367 g/mol.